The molecule has 1 atom stereocenters. The number of hydrogen-bond acceptors (Lipinski definition) is 3. The zero-order valence-electron chi connectivity index (χ0n) is 9.57. The second-order valence-corrected chi connectivity index (χ2v) is 4.52. The van der Waals surface area contributed by atoms with Gasteiger partial charge in [0, 0.05) is 17.0 Å². The Morgan fingerprint density at radius 3 is 2.62 bits per heavy atom. The fraction of sp³-hybridized carbons (Fsp3) is 0.500. The van der Waals surface area contributed by atoms with Crippen LogP contribution < -0.4 is 9.47 Å². The number of alkyl halides is 1. The van der Waals surface area contributed by atoms with Crippen molar-refractivity contribution >= 4 is 15.9 Å². The SMILES string of the molecule is COc1cccc([C@H](Br)CCCO)c1OC. The number of halogens is 1. The molecule has 0 aliphatic rings. The van der Waals surface area contributed by atoms with Crippen LogP contribution in [0.5, 0.6) is 11.5 Å². The van der Waals surface area contributed by atoms with Gasteiger partial charge in [-0.05, 0) is 18.9 Å². The van der Waals surface area contributed by atoms with Crippen molar-refractivity contribution in [2.75, 3.05) is 20.8 Å². The van der Waals surface area contributed by atoms with E-state index in [-0.39, 0.29) is 11.4 Å². The molecule has 0 fully saturated rings. The molecule has 1 N–H and O–H groups in total. The van der Waals surface area contributed by atoms with E-state index in [1.54, 1.807) is 14.2 Å². The van der Waals surface area contributed by atoms with E-state index < -0.39 is 0 Å². The van der Waals surface area contributed by atoms with Gasteiger partial charge in [-0.1, -0.05) is 28.1 Å². The summed E-state index contributed by atoms with van der Waals surface area (Å²) in [5.74, 6) is 1.48. The Morgan fingerprint density at radius 2 is 2.06 bits per heavy atom. The van der Waals surface area contributed by atoms with Crippen LogP contribution in [0.4, 0.5) is 0 Å². The second kappa shape index (κ2) is 6.76. The lowest BCUT2D eigenvalue weighted by Gasteiger charge is -2.16. The number of aliphatic hydroxyl groups is 1. The molecular weight excluding hydrogens is 272 g/mol. The Hall–Kier alpha value is -0.740. The lowest BCUT2D eigenvalue weighted by Crippen LogP contribution is -1.99. The fourth-order valence-corrected chi connectivity index (χ4v) is 2.27. The maximum Gasteiger partial charge on any atom is 0.165 e. The first kappa shape index (κ1) is 13.3. The second-order valence-electron chi connectivity index (χ2n) is 3.42. The van der Waals surface area contributed by atoms with Gasteiger partial charge in [0.05, 0.1) is 14.2 Å². The molecule has 0 radical (unpaired) electrons. The third-order valence-electron chi connectivity index (χ3n) is 2.39. The van der Waals surface area contributed by atoms with E-state index in [9.17, 15) is 0 Å². The number of hydrogen-bond donors (Lipinski definition) is 1. The van der Waals surface area contributed by atoms with E-state index in [2.05, 4.69) is 15.9 Å². The van der Waals surface area contributed by atoms with Gasteiger partial charge in [0.15, 0.2) is 11.5 Å². The number of rotatable bonds is 6. The first-order valence-corrected chi connectivity index (χ1v) is 6.12. The molecule has 0 heterocycles. The minimum absolute atomic E-state index is 0.171. The molecule has 1 aromatic carbocycles. The molecule has 4 heteroatoms. The van der Waals surface area contributed by atoms with Crippen molar-refractivity contribution < 1.29 is 14.6 Å². The number of methoxy groups -OCH3 is 2. The summed E-state index contributed by atoms with van der Waals surface area (Å²) in [4.78, 5) is 0.171. The Labute approximate surface area is 105 Å². The maximum absolute atomic E-state index is 8.81. The summed E-state index contributed by atoms with van der Waals surface area (Å²) >= 11 is 3.60. The molecule has 90 valence electrons. The van der Waals surface area contributed by atoms with Crippen molar-refractivity contribution in [3.8, 4) is 11.5 Å². The van der Waals surface area contributed by atoms with Gasteiger partial charge in [-0.25, -0.2) is 0 Å². The minimum atomic E-state index is 0.171. The molecular formula is C12H17BrO3. The van der Waals surface area contributed by atoms with Crippen LogP contribution in [-0.2, 0) is 0 Å². The number of benzene rings is 1. The quantitative estimate of drug-likeness (QED) is 0.818. The van der Waals surface area contributed by atoms with Crippen molar-refractivity contribution in [1.82, 2.24) is 0 Å². The molecule has 0 spiro atoms. The molecule has 0 saturated carbocycles. The zero-order valence-corrected chi connectivity index (χ0v) is 11.2. The summed E-state index contributed by atoms with van der Waals surface area (Å²) in [6.45, 7) is 0.203. The van der Waals surface area contributed by atoms with Crippen LogP contribution in [0.3, 0.4) is 0 Å². The number of aliphatic hydroxyl groups excluding tert-OH is 1. The number of ether oxygens (including phenoxy) is 2. The van der Waals surface area contributed by atoms with Crippen LogP contribution in [0.2, 0.25) is 0 Å². The van der Waals surface area contributed by atoms with Crippen molar-refractivity contribution in [1.29, 1.82) is 0 Å². The average molecular weight is 289 g/mol. The molecule has 1 aromatic rings. The highest BCUT2D eigenvalue weighted by Crippen LogP contribution is 2.39. The smallest absolute Gasteiger partial charge is 0.165 e. The Balaban J connectivity index is 2.93. The molecule has 0 amide bonds. The predicted molar refractivity (Wildman–Crippen MR) is 67.5 cm³/mol. The summed E-state index contributed by atoms with van der Waals surface area (Å²) in [5.41, 5.74) is 1.05. The summed E-state index contributed by atoms with van der Waals surface area (Å²) < 4.78 is 10.6. The topological polar surface area (TPSA) is 38.7 Å². The van der Waals surface area contributed by atoms with Crippen molar-refractivity contribution in [2.45, 2.75) is 17.7 Å². The third-order valence-corrected chi connectivity index (χ3v) is 3.34. The van der Waals surface area contributed by atoms with Gasteiger partial charge in [0.2, 0.25) is 0 Å². The van der Waals surface area contributed by atoms with Crippen molar-refractivity contribution in [3.63, 3.8) is 0 Å². The van der Waals surface area contributed by atoms with Crippen LogP contribution in [-0.4, -0.2) is 25.9 Å². The molecule has 0 bridgehead atoms. The monoisotopic (exact) mass is 288 g/mol. The van der Waals surface area contributed by atoms with E-state index in [1.165, 1.54) is 0 Å². The lowest BCUT2D eigenvalue weighted by molar-refractivity contribution is 0.284. The Morgan fingerprint density at radius 1 is 1.31 bits per heavy atom. The molecule has 1 rings (SSSR count). The number of para-hydroxylation sites is 1. The summed E-state index contributed by atoms with van der Waals surface area (Å²) in [6.07, 6.45) is 1.62. The van der Waals surface area contributed by atoms with Gasteiger partial charge in [0.25, 0.3) is 0 Å². The Kier molecular flexibility index (Phi) is 5.63. The first-order valence-electron chi connectivity index (χ1n) is 5.20. The normalized spacial score (nSPS) is 12.2. The van der Waals surface area contributed by atoms with E-state index in [0.717, 1.165) is 29.9 Å². The molecule has 0 aliphatic carbocycles. The molecule has 16 heavy (non-hydrogen) atoms. The highest BCUT2D eigenvalue weighted by molar-refractivity contribution is 9.09. The van der Waals surface area contributed by atoms with Crippen LogP contribution in [0.25, 0.3) is 0 Å². The lowest BCUT2D eigenvalue weighted by atomic mass is 10.1. The van der Waals surface area contributed by atoms with Crippen molar-refractivity contribution in [3.05, 3.63) is 23.8 Å². The van der Waals surface area contributed by atoms with E-state index in [4.69, 9.17) is 14.6 Å². The van der Waals surface area contributed by atoms with Gasteiger partial charge < -0.3 is 14.6 Å². The van der Waals surface area contributed by atoms with Crippen LogP contribution >= 0.6 is 15.9 Å². The average Bonchev–Trinajstić information content (AvgIpc) is 2.34. The van der Waals surface area contributed by atoms with Crippen LogP contribution in [0.1, 0.15) is 23.2 Å². The molecule has 0 saturated heterocycles. The standard InChI is InChI=1S/C12H17BrO3/c1-15-11-7-3-5-9(12(11)16-2)10(13)6-4-8-14/h3,5,7,10,14H,4,6,8H2,1-2H3/t10-/m1/s1. The highest BCUT2D eigenvalue weighted by atomic mass is 79.9. The highest BCUT2D eigenvalue weighted by Gasteiger charge is 2.16. The van der Waals surface area contributed by atoms with Gasteiger partial charge in [-0.2, -0.15) is 0 Å². The third kappa shape index (κ3) is 3.12. The molecule has 0 aliphatic heterocycles. The summed E-state index contributed by atoms with van der Waals surface area (Å²) in [7, 11) is 3.26. The summed E-state index contributed by atoms with van der Waals surface area (Å²) in [5, 5.41) is 8.81. The minimum Gasteiger partial charge on any atom is -0.493 e. The van der Waals surface area contributed by atoms with E-state index in [0.29, 0.717) is 0 Å². The largest absolute Gasteiger partial charge is 0.493 e. The van der Waals surface area contributed by atoms with Gasteiger partial charge in [-0.3, -0.25) is 0 Å². The fourth-order valence-electron chi connectivity index (χ4n) is 1.58. The maximum atomic E-state index is 8.81. The Bertz CT molecular complexity index is 328. The van der Waals surface area contributed by atoms with E-state index in [1.807, 2.05) is 18.2 Å². The molecule has 3 nitrogen and oxygen atoms in total. The molecule has 0 aromatic heterocycles. The molecule has 0 unspecified atom stereocenters. The van der Waals surface area contributed by atoms with Crippen molar-refractivity contribution in [2.24, 2.45) is 0 Å². The predicted octanol–water partition coefficient (Wildman–Crippen LogP) is 2.91. The zero-order chi connectivity index (χ0) is 12.0. The van der Waals surface area contributed by atoms with Crippen LogP contribution in [0, 0.1) is 0 Å². The first-order chi connectivity index (χ1) is 7.74. The van der Waals surface area contributed by atoms with Gasteiger partial charge in [0.1, 0.15) is 0 Å². The summed E-state index contributed by atoms with van der Waals surface area (Å²) in [6, 6.07) is 5.80. The van der Waals surface area contributed by atoms with Crippen LogP contribution in [0.15, 0.2) is 18.2 Å². The van der Waals surface area contributed by atoms with E-state index >= 15 is 0 Å². The van der Waals surface area contributed by atoms with Gasteiger partial charge in [-0.15, -0.1) is 0 Å². The van der Waals surface area contributed by atoms with Gasteiger partial charge >= 0.3 is 0 Å².